The van der Waals surface area contributed by atoms with Crippen molar-refractivity contribution in [1.29, 1.82) is 0 Å². The lowest BCUT2D eigenvalue weighted by molar-refractivity contribution is -0.228. The Morgan fingerprint density at radius 1 is 0.422 bits per heavy atom. The molecule has 0 aliphatic rings. The van der Waals surface area contributed by atoms with Crippen molar-refractivity contribution in [3.8, 4) is 0 Å². The summed E-state index contributed by atoms with van der Waals surface area (Å²) in [7, 11) is -4.78. The summed E-state index contributed by atoms with van der Waals surface area (Å²) in [5, 5.41) is 2.71. The zero-order valence-corrected chi connectivity index (χ0v) is 43.1. The fourth-order valence-electron chi connectivity index (χ4n) is 8.14. The molecule has 1 amide bonds. The number of rotatable bonds is 52. The fourth-order valence-corrected chi connectivity index (χ4v) is 8.88. The highest BCUT2D eigenvalue weighted by molar-refractivity contribution is 7.45. The normalized spacial score (nSPS) is 12.9. The molecule has 0 saturated carbocycles. The third kappa shape index (κ3) is 48.5. The first kappa shape index (κ1) is 62.5. The van der Waals surface area contributed by atoms with E-state index in [1.807, 2.05) is 0 Å². The van der Waals surface area contributed by atoms with Gasteiger partial charge in [0.1, 0.15) is 6.61 Å². The summed E-state index contributed by atoms with van der Waals surface area (Å²) in [5.74, 6) is -1.02. The third-order valence-corrected chi connectivity index (χ3v) is 13.3. The molecule has 0 fully saturated rings. The molecule has 0 radical (unpaired) electrons. The molecule has 1 N–H and O–H groups in total. The Bertz CT molecular complexity index is 1080. The smallest absolute Gasteiger partial charge is 0.306 e. The maximum atomic E-state index is 12.8. The summed E-state index contributed by atoms with van der Waals surface area (Å²) in [6, 6.07) is 0. The Morgan fingerprint density at radius 2 is 0.734 bits per heavy atom. The number of esters is 2. The summed E-state index contributed by atoms with van der Waals surface area (Å²) in [4.78, 5) is 50.2. The van der Waals surface area contributed by atoms with Crippen LogP contribution < -0.4 is 10.2 Å². The minimum atomic E-state index is -4.78. The maximum absolute atomic E-state index is 12.8. The zero-order valence-electron chi connectivity index (χ0n) is 42.2. The van der Waals surface area contributed by atoms with Crippen LogP contribution >= 0.6 is 7.82 Å². The second-order valence-electron chi connectivity index (χ2n) is 18.7. The van der Waals surface area contributed by atoms with Crippen LogP contribution in [0.3, 0.4) is 0 Å². The predicted octanol–water partition coefficient (Wildman–Crippen LogP) is 15.5. The SMILES string of the molecule is CCCCCCCCCCCCCCCC(=O)NCCOP(=O)([O-])OC[C@@H](COC(=O)CCCCCCCCCCCCCCC)OC(=O)CCCCCCCCCCCCCCC. The Morgan fingerprint density at radius 3 is 1.09 bits per heavy atom. The number of amides is 1. The maximum Gasteiger partial charge on any atom is 0.306 e. The van der Waals surface area contributed by atoms with E-state index in [1.54, 1.807) is 0 Å². The van der Waals surface area contributed by atoms with Crippen molar-refractivity contribution in [1.82, 2.24) is 5.32 Å². The van der Waals surface area contributed by atoms with Crippen LogP contribution in [-0.2, 0) is 37.5 Å². The van der Waals surface area contributed by atoms with Gasteiger partial charge < -0.3 is 28.7 Å². The van der Waals surface area contributed by atoms with Crippen molar-refractivity contribution in [2.45, 2.75) is 297 Å². The molecule has 2 atom stereocenters. The van der Waals surface area contributed by atoms with Crippen molar-refractivity contribution >= 4 is 25.7 Å². The van der Waals surface area contributed by atoms with Crippen molar-refractivity contribution in [3.63, 3.8) is 0 Å². The molecular formula is C53H103NO9P-. The number of unbranched alkanes of at least 4 members (excludes halogenated alkanes) is 36. The van der Waals surface area contributed by atoms with Gasteiger partial charge in [0.15, 0.2) is 6.10 Å². The number of ether oxygens (including phenoxy) is 2. The van der Waals surface area contributed by atoms with Crippen LogP contribution in [0.2, 0.25) is 0 Å². The highest BCUT2D eigenvalue weighted by Gasteiger charge is 2.21. The van der Waals surface area contributed by atoms with Gasteiger partial charge in [-0.15, -0.1) is 0 Å². The van der Waals surface area contributed by atoms with Crippen LogP contribution in [0.25, 0.3) is 0 Å². The average molecular weight is 929 g/mol. The molecule has 0 aromatic rings. The topological polar surface area (TPSA) is 140 Å². The molecule has 0 heterocycles. The van der Waals surface area contributed by atoms with Crippen LogP contribution in [0.4, 0.5) is 0 Å². The molecule has 0 bridgehead atoms. The van der Waals surface area contributed by atoms with Gasteiger partial charge in [-0.3, -0.25) is 18.9 Å². The van der Waals surface area contributed by atoms with E-state index in [4.69, 9.17) is 18.5 Å². The van der Waals surface area contributed by atoms with Crippen LogP contribution in [0.1, 0.15) is 290 Å². The Kier molecular flexibility index (Phi) is 48.3. The van der Waals surface area contributed by atoms with Gasteiger partial charge >= 0.3 is 11.9 Å². The van der Waals surface area contributed by atoms with Gasteiger partial charge in [0.25, 0.3) is 7.82 Å². The summed E-state index contributed by atoms with van der Waals surface area (Å²) in [5.41, 5.74) is 0. The van der Waals surface area contributed by atoms with Crippen molar-refractivity contribution in [2.24, 2.45) is 0 Å². The lowest BCUT2D eigenvalue weighted by Gasteiger charge is -2.25. The second-order valence-corrected chi connectivity index (χ2v) is 20.1. The number of phosphoric acid groups is 1. The van der Waals surface area contributed by atoms with Gasteiger partial charge in [0.2, 0.25) is 5.91 Å². The molecule has 0 spiro atoms. The first-order valence-electron chi connectivity index (χ1n) is 27.5. The molecule has 380 valence electrons. The summed E-state index contributed by atoms with van der Waals surface area (Å²) in [6.07, 6.45) is 47.1. The molecule has 0 saturated heterocycles. The minimum absolute atomic E-state index is 0.0290. The highest BCUT2D eigenvalue weighted by atomic mass is 31.2. The highest BCUT2D eigenvalue weighted by Crippen LogP contribution is 2.38. The fraction of sp³-hybridized carbons (Fsp3) is 0.943. The Balaban J connectivity index is 4.47. The molecule has 0 rings (SSSR count). The van der Waals surface area contributed by atoms with Crippen LogP contribution in [0.5, 0.6) is 0 Å². The third-order valence-electron chi connectivity index (χ3n) is 12.3. The Labute approximate surface area is 395 Å². The number of phosphoric ester groups is 1. The van der Waals surface area contributed by atoms with E-state index in [0.29, 0.717) is 12.8 Å². The van der Waals surface area contributed by atoms with Gasteiger partial charge in [-0.05, 0) is 19.3 Å². The van der Waals surface area contributed by atoms with E-state index < -0.39 is 32.5 Å². The van der Waals surface area contributed by atoms with Gasteiger partial charge in [-0.2, -0.15) is 0 Å². The lowest BCUT2D eigenvalue weighted by atomic mass is 10.0. The van der Waals surface area contributed by atoms with Gasteiger partial charge in [0, 0.05) is 25.8 Å². The Hall–Kier alpha value is -1.48. The molecule has 0 aliphatic heterocycles. The molecule has 0 aliphatic carbocycles. The van der Waals surface area contributed by atoms with Crippen molar-refractivity contribution in [2.75, 3.05) is 26.4 Å². The molecule has 64 heavy (non-hydrogen) atoms. The van der Waals surface area contributed by atoms with E-state index in [0.717, 1.165) is 57.8 Å². The number of hydrogen-bond acceptors (Lipinski definition) is 9. The van der Waals surface area contributed by atoms with E-state index in [2.05, 4.69) is 26.1 Å². The quantitative estimate of drug-likeness (QED) is 0.0358. The first-order chi connectivity index (χ1) is 31.2. The predicted molar refractivity (Wildman–Crippen MR) is 264 cm³/mol. The van der Waals surface area contributed by atoms with Crippen molar-refractivity contribution < 1.29 is 42.4 Å². The van der Waals surface area contributed by atoms with E-state index in [-0.39, 0.29) is 38.5 Å². The van der Waals surface area contributed by atoms with E-state index >= 15 is 0 Å². The number of carbonyl (C=O) groups excluding carboxylic acids is 3. The lowest BCUT2D eigenvalue weighted by Crippen LogP contribution is -2.31. The molecule has 0 aromatic carbocycles. The number of nitrogens with one attached hydrogen (secondary N) is 1. The molecule has 1 unspecified atom stereocenters. The second kappa shape index (κ2) is 49.4. The van der Waals surface area contributed by atoms with Crippen molar-refractivity contribution in [3.05, 3.63) is 0 Å². The van der Waals surface area contributed by atoms with Crippen LogP contribution in [0, 0.1) is 0 Å². The summed E-state index contributed by atoms with van der Waals surface area (Å²) < 4.78 is 33.7. The molecule has 10 nitrogen and oxygen atoms in total. The number of carbonyl (C=O) groups is 3. The first-order valence-corrected chi connectivity index (χ1v) is 28.9. The monoisotopic (exact) mass is 929 g/mol. The minimum Gasteiger partial charge on any atom is -0.756 e. The van der Waals surface area contributed by atoms with Crippen LogP contribution in [-0.4, -0.2) is 50.3 Å². The molecule has 0 aromatic heterocycles. The van der Waals surface area contributed by atoms with E-state index in [9.17, 15) is 23.8 Å². The zero-order chi connectivity index (χ0) is 46.9. The summed E-state index contributed by atoms with van der Waals surface area (Å²) in [6.45, 7) is 5.68. The standard InChI is InChI=1S/C53H104NO9P/c1-4-7-10-13-16-19-22-25-28-31-34-37-40-43-51(55)54-46-47-61-64(58,59)62-49-50(63-53(57)45-42-39-36-33-30-27-24-21-18-15-12-9-6-3)48-60-52(56)44-41-38-35-32-29-26-23-20-17-14-11-8-5-2/h50H,4-49H2,1-3H3,(H,54,55)(H,58,59)/p-1/t50-/m1/s1. The molecule has 11 heteroatoms. The van der Waals surface area contributed by atoms with Gasteiger partial charge in [-0.1, -0.05) is 252 Å². The number of hydrogen-bond donors (Lipinski definition) is 1. The van der Waals surface area contributed by atoms with Gasteiger partial charge in [-0.25, -0.2) is 0 Å². The molecular weight excluding hydrogens is 826 g/mol. The average Bonchev–Trinajstić information content (AvgIpc) is 3.28. The van der Waals surface area contributed by atoms with E-state index in [1.165, 1.54) is 186 Å². The van der Waals surface area contributed by atoms with Gasteiger partial charge in [0.05, 0.1) is 13.2 Å². The van der Waals surface area contributed by atoms with Crippen LogP contribution in [0.15, 0.2) is 0 Å². The summed E-state index contributed by atoms with van der Waals surface area (Å²) >= 11 is 0. The largest absolute Gasteiger partial charge is 0.756 e.